The number of hydrogen-bond donors (Lipinski definition) is 1. The Hall–Kier alpha value is -3.46. The molecule has 0 saturated carbocycles. The molecule has 0 unspecified atom stereocenters. The van der Waals surface area contributed by atoms with E-state index >= 15 is 0 Å². The van der Waals surface area contributed by atoms with Crippen LogP contribution in [0.25, 0.3) is 0 Å². The fraction of sp³-hybridized carbons (Fsp3) is 0.462. The summed E-state index contributed by atoms with van der Waals surface area (Å²) in [5.74, 6) is 0.835. The Bertz CT molecular complexity index is 1100. The molecule has 2 aliphatic rings. The van der Waals surface area contributed by atoms with E-state index in [1.54, 1.807) is 50.4 Å². The summed E-state index contributed by atoms with van der Waals surface area (Å²) in [4.78, 5) is 28.8. The highest BCUT2D eigenvalue weighted by atomic mass is 16.5. The zero-order valence-corrected chi connectivity index (χ0v) is 20.8. The average Bonchev–Trinajstić information content (AvgIpc) is 3.41. The molecule has 2 heterocycles. The lowest BCUT2D eigenvalue weighted by atomic mass is 9.79. The number of ether oxygens (including phenoxy) is 5. The average molecular weight is 485 g/mol. The van der Waals surface area contributed by atoms with Crippen LogP contribution in [0.5, 0.6) is 23.0 Å². The van der Waals surface area contributed by atoms with E-state index < -0.39 is 12.0 Å². The van der Waals surface area contributed by atoms with Gasteiger partial charge in [-0.15, -0.1) is 0 Å². The van der Waals surface area contributed by atoms with Crippen molar-refractivity contribution in [2.75, 3.05) is 48.6 Å². The maximum Gasteiger partial charge on any atom is 0.254 e. The first-order valence-corrected chi connectivity index (χ1v) is 11.6. The lowest BCUT2D eigenvalue weighted by molar-refractivity contribution is -0.124. The molecular weight excluding hydrogens is 452 g/mol. The van der Waals surface area contributed by atoms with Crippen molar-refractivity contribution in [3.05, 3.63) is 47.0 Å². The summed E-state index contributed by atoms with van der Waals surface area (Å²) in [6, 6.07) is 8.21. The lowest BCUT2D eigenvalue weighted by Crippen LogP contribution is -2.46. The summed E-state index contributed by atoms with van der Waals surface area (Å²) in [6.07, 6.45) is 1.88. The molecule has 9 heteroatoms. The lowest BCUT2D eigenvalue weighted by Gasteiger charge is -2.40. The normalized spacial score (nSPS) is 21.3. The fourth-order valence-corrected chi connectivity index (χ4v) is 4.91. The molecule has 0 aromatic heterocycles. The second-order valence-electron chi connectivity index (χ2n) is 8.63. The molecule has 1 fully saturated rings. The van der Waals surface area contributed by atoms with Gasteiger partial charge in [0.2, 0.25) is 5.91 Å². The summed E-state index contributed by atoms with van der Waals surface area (Å²) >= 11 is 0. The molecule has 4 rings (SSSR count). The van der Waals surface area contributed by atoms with Crippen molar-refractivity contribution in [3.8, 4) is 23.0 Å². The van der Waals surface area contributed by atoms with Gasteiger partial charge < -0.3 is 33.9 Å². The number of carbonyl (C=O) groups excluding carboxylic acids is 2. The molecule has 2 aromatic carbocycles. The molecular formula is C26H32N2O7. The molecule has 0 spiro atoms. The van der Waals surface area contributed by atoms with Gasteiger partial charge in [-0.1, -0.05) is 6.07 Å². The van der Waals surface area contributed by atoms with E-state index in [4.69, 9.17) is 23.7 Å². The molecule has 2 aromatic rings. The smallest absolute Gasteiger partial charge is 0.254 e. The van der Waals surface area contributed by atoms with E-state index in [1.807, 2.05) is 6.07 Å². The van der Waals surface area contributed by atoms with Crippen LogP contribution in [0.15, 0.2) is 30.3 Å². The number of amides is 2. The Kier molecular flexibility index (Phi) is 7.35. The van der Waals surface area contributed by atoms with E-state index in [2.05, 4.69) is 5.32 Å². The van der Waals surface area contributed by atoms with Crippen molar-refractivity contribution in [2.24, 2.45) is 0 Å². The molecule has 2 aliphatic heterocycles. The maximum atomic E-state index is 13.8. The number of methoxy groups -OCH3 is 4. The number of fused-ring (bicyclic) bond motifs is 1. The minimum atomic E-state index is -0.702. The van der Waals surface area contributed by atoms with Crippen molar-refractivity contribution >= 4 is 11.8 Å². The summed E-state index contributed by atoms with van der Waals surface area (Å²) in [7, 11) is 7.85. The minimum Gasteiger partial charge on any atom is -0.493 e. The van der Waals surface area contributed by atoms with Crippen molar-refractivity contribution in [3.63, 3.8) is 0 Å². The van der Waals surface area contributed by atoms with Crippen LogP contribution in [0.1, 0.15) is 46.3 Å². The van der Waals surface area contributed by atoms with E-state index in [9.17, 15) is 9.59 Å². The number of nitrogens with zero attached hydrogens (tertiary/aromatic N) is 1. The first-order valence-electron chi connectivity index (χ1n) is 11.6. The molecule has 0 bridgehead atoms. The topological polar surface area (TPSA) is 95.6 Å². The predicted octanol–water partition coefficient (Wildman–Crippen LogP) is 2.93. The molecule has 3 atom stereocenters. The van der Waals surface area contributed by atoms with Gasteiger partial charge in [-0.05, 0) is 48.2 Å². The Morgan fingerprint density at radius 1 is 1.00 bits per heavy atom. The third kappa shape index (κ3) is 4.60. The summed E-state index contributed by atoms with van der Waals surface area (Å²) < 4.78 is 27.5. The Labute approximate surface area is 205 Å². The number of carbonyl (C=O) groups is 2. The fourth-order valence-electron chi connectivity index (χ4n) is 4.91. The van der Waals surface area contributed by atoms with Gasteiger partial charge >= 0.3 is 0 Å². The van der Waals surface area contributed by atoms with E-state index in [1.165, 1.54) is 14.2 Å². The zero-order chi connectivity index (χ0) is 25.1. The zero-order valence-electron chi connectivity index (χ0n) is 20.8. The Morgan fingerprint density at radius 3 is 2.29 bits per heavy atom. The van der Waals surface area contributed by atoms with Crippen molar-refractivity contribution in [1.29, 1.82) is 0 Å². The van der Waals surface area contributed by atoms with Crippen LogP contribution in [0.2, 0.25) is 0 Å². The summed E-state index contributed by atoms with van der Waals surface area (Å²) in [5.41, 5.74) is 1.73. The second kappa shape index (κ2) is 10.4. The standard InChI is InChI=1S/C26H32N2O7/c1-28-24(15-8-9-19(31-2)20(11-15)32-3)23(25(29)27-14-16-7-6-10-35-16)17-12-21(33-4)22(34-5)13-18(17)26(28)30/h8-9,11-13,16,23-24H,6-7,10,14H2,1-5H3,(H,27,29)/t16-,23-,24+/m0/s1. The van der Waals surface area contributed by atoms with Crippen LogP contribution in [-0.4, -0.2) is 71.5 Å². The van der Waals surface area contributed by atoms with Crippen molar-refractivity contribution < 1.29 is 33.3 Å². The molecule has 0 aliphatic carbocycles. The third-order valence-electron chi connectivity index (χ3n) is 6.73. The minimum absolute atomic E-state index is 0.00805. The summed E-state index contributed by atoms with van der Waals surface area (Å²) in [6.45, 7) is 1.11. The monoisotopic (exact) mass is 484 g/mol. The molecule has 9 nitrogen and oxygen atoms in total. The summed E-state index contributed by atoms with van der Waals surface area (Å²) in [5, 5.41) is 3.06. The van der Waals surface area contributed by atoms with E-state index in [-0.39, 0.29) is 17.9 Å². The van der Waals surface area contributed by atoms with Crippen LogP contribution in [-0.2, 0) is 9.53 Å². The molecule has 0 radical (unpaired) electrons. The van der Waals surface area contributed by atoms with Gasteiger partial charge in [-0.3, -0.25) is 9.59 Å². The molecule has 1 saturated heterocycles. The number of hydrogen-bond acceptors (Lipinski definition) is 7. The van der Waals surface area contributed by atoms with Gasteiger partial charge in [-0.25, -0.2) is 0 Å². The number of nitrogens with one attached hydrogen (secondary N) is 1. The molecule has 1 N–H and O–H groups in total. The highest BCUT2D eigenvalue weighted by Crippen LogP contribution is 2.46. The van der Waals surface area contributed by atoms with Gasteiger partial charge in [0.05, 0.1) is 46.5 Å². The van der Waals surface area contributed by atoms with Crippen LogP contribution in [0.3, 0.4) is 0 Å². The van der Waals surface area contributed by atoms with Crippen LogP contribution in [0.4, 0.5) is 0 Å². The SMILES string of the molecule is COc1ccc([C@@H]2[C@@H](C(=O)NC[C@@H]3CCCO3)c3cc(OC)c(OC)cc3C(=O)N2C)cc1OC. The first-order chi connectivity index (χ1) is 16.9. The molecule has 2 amide bonds. The highest BCUT2D eigenvalue weighted by Gasteiger charge is 2.44. The van der Waals surface area contributed by atoms with Gasteiger partial charge in [0.1, 0.15) is 0 Å². The van der Waals surface area contributed by atoms with Crippen LogP contribution >= 0.6 is 0 Å². The Morgan fingerprint density at radius 2 is 1.66 bits per heavy atom. The predicted molar refractivity (Wildman–Crippen MR) is 129 cm³/mol. The van der Waals surface area contributed by atoms with E-state index in [0.29, 0.717) is 47.3 Å². The van der Waals surface area contributed by atoms with Crippen LogP contribution < -0.4 is 24.3 Å². The van der Waals surface area contributed by atoms with Crippen molar-refractivity contribution in [1.82, 2.24) is 10.2 Å². The number of likely N-dealkylation sites (N-methyl/N-ethyl adjacent to an activating group) is 1. The van der Waals surface area contributed by atoms with E-state index in [0.717, 1.165) is 18.4 Å². The largest absolute Gasteiger partial charge is 0.493 e. The quantitative estimate of drug-likeness (QED) is 0.616. The first kappa shape index (κ1) is 24.7. The highest BCUT2D eigenvalue weighted by molar-refractivity contribution is 6.02. The third-order valence-corrected chi connectivity index (χ3v) is 6.73. The van der Waals surface area contributed by atoms with Crippen molar-refractivity contribution in [2.45, 2.75) is 30.9 Å². The molecule has 188 valence electrons. The number of benzene rings is 2. The van der Waals surface area contributed by atoms with Gasteiger partial charge in [0.15, 0.2) is 23.0 Å². The Balaban J connectivity index is 1.82. The van der Waals surface area contributed by atoms with Gasteiger partial charge in [0.25, 0.3) is 5.91 Å². The molecule has 35 heavy (non-hydrogen) atoms. The van der Waals surface area contributed by atoms with Crippen LogP contribution in [0, 0.1) is 0 Å². The van der Waals surface area contributed by atoms with Gasteiger partial charge in [0, 0.05) is 25.8 Å². The van der Waals surface area contributed by atoms with Gasteiger partial charge in [-0.2, -0.15) is 0 Å². The number of rotatable bonds is 8. The second-order valence-corrected chi connectivity index (χ2v) is 8.63. The maximum absolute atomic E-state index is 13.8.